The van der Waals surface area contributed by atoms with Crippen LogP contribution < -0.4 is 5.32 Å². The summed E-state index contributed by atoms with van der Waals surface area (Å²) in [5.74, 6) is -1.54. The molecule has 0 spiro atoms. The topological polar surface area (TPSA) is 69.6 Å². The van der Waals surface area contributed by atoms with Gasteiger partial charge in [0.1, 0.15) is 11.9 Å². The first-order valence-electron chi connectivity index (χ1n) is 6.83. The number of nitrogens with one attached hydrogen (secondary N) is 1. The van der Waals surface area contributed by atoms with E-state index in [-0.39, 0.29) is 24.3 Å². The van der Waals surface area contributed by atoms with Gasteiger partial charge in [0.15, 0.2) is 0 Å². The van der Waals surface area contributed by atoms with Gasteiger partial charge in [-0.25, -0.2) is 4.39 Å². The molecule has 1 aromatic carbocycles. The molecule has 0 fully saturated rings. The molecule has 2 atom stereocenters. The van der Waals surface area contributed by atoms with Crippen molar-refractivity contribution in [1.29, 1.82) is 0 Å². The molecular formula is C15H21FN2O3. The highest BCUT2D eigenvalue weighted by molar-refractivity contribution is 5.80. The van der Waals surface area contributed by atoms with Crippen molar-refractivity contribution in [2.45, 2.75) is 32.4 Å². The summed E-state index contributed by atoms with van der Waals surface area (Å²) >= 11 is 0. The van der Waals surface area contributed by atoms with Crippen molar-refractivity contribution < 1.29 is 19.1 Å². The molecule has 5 nitrogen and oxygen atoms in total. The normalized spacial score (nSPS) is 13.8. The van der Waals surface area contributed by atoms with Gasteiger partial charge in [0, 0.05) is 0 Å². The molecule has 1 rings (SSSR count). The van der Waals surface area contributed by atoms with Crippen LogP contribution in [0, 0.1) is 5.82 Å². The Morgan fingerprint density at radius 3 is 2.38 bits per heavy atom. The summed E-state index contributed by atoms with van der Waals surface area (Å²) in [6.45, 7) is 3.55. The molecule has 0 aromatic heterocycles. The van der Waals surface area contributed by atoms with Gasteiger partial charge in [-0.1, -0.05) is 19.1 Å². The highest BCUT2D eigenvalue weighted by Crippen LogP contribution is 2.12. The first kappa shape index (κ1) is 17.1. The number of hydrogen-bond acceptors (Lipinski definition) is 3. The molecule has 1 aromatic rings. The van der Waals surface area contributed by atoms with Gasteiger partial charge in [-0.3, -0.25) is 14.5 Å². The van der Waals surface area contributed by atoms with Crippen molar-refractivity contribution in [3.05, 3.63) is 35.6 Å². The largest absolute Gasteiger partial charge is 0.480 e. The van der Waals surface area contributed by atoms with E-state index >= 15 is 0 Å². The van der Waals surface area contributed by atoms with Gasteiger partial charge in [0.25, 0.3) is 0 Å². The van der Waals surface area contributed by atoms with Crippen LogP contribution in [0.1, 0.15) is 31.9 Å². The molecule has 0 aliphatic heterocycles. The van der Waals surface area contributed by atoms with Gasteiger partial charge in [-0.2, -0.15) is 0 Å². The predicted molar refractivity (Wildman–Crippen MR) is 77.3 cm³/mol. The van der Waals surface area contributed by atoms with Gasteiger partial charge in [-0.15, -0.1) is 0 Å². The number of hydrogen-bond donors (Lipinski definition) is 2. The standard InChI is InChI=1S/C15H21FN2O3/c1-4-13(15(20)21)18(3)9-14(19)17-10(2)11-5-7-12(16)8-6-11/h5-8,10,13H,4,9H2,1-3H3,(H,17,19)(H,20,21). The number of carboxylic acids is 1. The van der Waals surface area contributed by atoms with Crippen LogP contribution in [0.3, 0.4) is 0 Å². The molecule has 21 heavy (non-hydrogen) atoms. The van der Waals surface area contributed by atoms with Crippen molar-refractivity contribution in [2.24, 2.45) is 0 Å². The van der Waals surface area contributed by atoms with Crippen molar-refractivity contribution >= 4 is 11.9 Å². The minimum Gasteiger partial charge on any atom is -0.480 e. The first-order chi connectivity index (χ1) is 9.85. The SMILES string of the molecule is CCC(C(=O)O)N(C)CC(=O)NC(C)c1ccc(F)cc1. The molecule has 0 aliphatic carbocycles. The van der Waals surface area contributed by atoms with Crippen LogP contribution in [0.15, 0.2) is 24.3 Å². The third kappa shape index (κ3) is 5.15. The molecule has 0 saturated carbocycles. The number of likely N-dealkylation sites (N-methyl/N-ethyl adjacent to an activating group) is 1. The summed E-state index contributed by atoms with van der Waals surface area (Å²) < 4.78 is 12.8. The van der Waals surface area contributed by atoms with Crippen LogP contribution in [-0.2, 0) is 9.59 Å². The summed E-state index contributed by atoms with van der Waals surface area (Å²) in [5, 5.41) is 11.8. The Balaban J connectivity index is 2.56. The minimum absolute atomic E-state index is 0.00363. The fourth-order valence-electron chi connectivity index (χ4n) is 2.13. The molecule has 0 radical (unpaired) electrons. The maximum atomic E-state index is 12.8. The van der Waals surface area contributed by atoms with Gasteiger partial charge >= 0.3 is 5.97 Å². The van der Waals surface area contributed by atoms with E-state index in [2.05, 4.69) is 5.32 Å². The quantitative estimate of drug-likeness (QED) is 0.805. The molecule has 2 unspecified atom stereocenters. The van der Waals surface area contributed by atoms with E-state index in [9.17, 15) is 14.0 Å². The number of carbonyl (C=O) groups excluding carboxylic acids is 1. The van der Waals surface area contributed by atoms with Crippen LogP contribution >= 0.6 is 0 Å². The molecule has 1 amide bonds. The predicted octanol–water partition coefficient (Wildman–Crippen LogP) is 1.80. The van der Waals surface area contributed by atoms with Crippen LogP contribution in [0.25, 0.3) is 0 Å². The average Bonchev–Trinajstić information content (AvgIpc) is 2.39. The minimum atomic E-state index is -0.945. The number of amides is 1. The summed E-state index contributed by atoms with van der Waals surface area (Å²) in [4.78, 5) is 24.4. The Hall–Kier alpha value is -1.95. The summed E-state index contributed by atoms with van der Waals surface area (Å²) in [6, 6.07) is 4.93. The van der Waals surface area contributed by atoms with Crippen molar-refractivity contribution in [2.75, 3.05) is 13.6 Å². The number of halogens is 1. The molecule has 0 heterocycles. The van der Waals surface area contributed by atoms with Crippen molar-refractivity contribution in [3.8, 4) is 0 Å². The van der Waals surface area contributed by atoms with E-state index < -0.39 is 12.0 Å². The molecule has 0 bridgehead atoms. The highest BCUT2D eigenvalue weighted by atomic mass is 19.1. The zero-order chi connectivity index (χ0) is 16.0. The highest BCUT2D eigenvalue weighted by Gasteiger charge is 2.22. The Morgan fingerprint density at radius 1 is 1.33 bits per heavy atom. The Bertz CT molecular complexity index is 490. The monoisotopic (exact) mass is 296 g/mol. The Kier molecular flexibility index (Phi) is 6.30. The summed E-state index contributed by atoms with van der Waals surface area (Å²) in [7, 11) is 1.60. The van der Waals surface area contributed by atoms with Crippen molar-refractivity contribution in [1.82, 2.24) is 10.2 Å². The van der Waals surface area contributed by atoms with E-state index in [1.807, 2.05) is 0 Å². The number of benzene rings is 1. The third-order valence-corrected chi connectivity index (χ3v) is 3.34. The van der Waals surface area contributed by atoms with Crippen LogP contribution in [0.2, 0.25) is 0 Å². The lowest BCUT2D eigenvalue weighted by Gasteiger charge is -2.24. The third-order valence-electron chi connectivity index (χ3n) is 3.34. The zero-order valence-electron chi connectivity index (χ0n) is 12.5. The molecule has 0 aliphatic rings. The van der Waals surface area contributed by atoms with Gasteiger partial charge in [-0.05, 0) is 38.1 Å². The van der Waals surface area contributed by atoms with Gasteiger partial charge in [0.05, 0.1) is 12.6 Å². The first-order valence-corrected chi connectivity index (χ1v) is 6.83. The maximum absolute atomic E-state index is 12.8. The van der Waals surface area contributed by atoms with Gasteiger partial charge in [0.2, 0.25) is 5.91 Å². The van der Waals surface area contributed by atoms with Crippen LogP contribution in [0.5, 0.6) is 0 Å². The lowest BCUT2D eigenvalue weighted by Crippen LogP contribution is -2.44. The molecule has 116 valence electrons. The second-order valence-corrected chi connectivity index (χ2v) is 5.02. The van der Waals surface area contributed by atoms with E-state index in [0.29, 0.717) is 6.42 Å². The number of aliphatic carboxylic acids is 1. The molecule has 6 heteroatoms. The van der Waals surface area contributed by atoms with E-state index in [0.717, 1.165) is 5.56 Å². The Labute approximate surface area is 123 Å². The smallest absolute Gasteiger partial charge is 0.320 e. The van der Waals surface area contributed by atoms with Crippen molar-refractivity contribution in [3.63, 3.8) is 0 Å². The zero-order valence-corrected chi connectivity index (χ0v) is 12.5. The van der Waals surface area contributed by atoms with E-state index in [4.69, 9.17) is 5.11 Å². The molecule has 2 N–H and O–H groups in total. The second kappa shape index (κ2) is 7.73. The van der Waals surface area contributed by atoms with E-state index in [1.54, 1.807) is 33.0 Å². The second-order valence-electron chi connectivity index (χ2n) is 5.02. The average molecular weight is 296 g/mol. The molecular weight excluding hydrogens is 275 g/mol. The summed E-state index contributed by atoms with van der Waals surface area (Å²) in [5.41, 5.74) is 0.790. The number of nitrogens with zero attached hydrogens (tertiary/aromatic N) is 1. The lowest BCUT2D eigenvalue weighted by molar-refractivity contribution is -0.143. The van der Waals surface area contributed by atoms with Gasteiger partial charge < -0.3 is 10.4 Å². The maximum Gasteiger partial charge on any atom is 0.320 e. The number of rotatable bonds is 7. The van der Waals surface area contributed by atoms with Crippen LogP contribution in [-0.4, -0.2) is 41.5 Å². The number of carbonyl (C=O) groups is 2. The van der Waals surface area contributed by atoms with Crippen LogP contribution in [0.4, 0.5) is 4.39 Å². The summed E-state index contributed by atoms with van der Waals surface area (Å²) in [6.07, 6.45) is 0.423. The fraction of sp³-hybridized carbons (Fsp3) is 0.467. The lowest BCUT2D eigenvalue weighted by atomic mass is 10.1. The fourth-order valence-corrected chi connectivity index (χ4v) is 2.13. The Morgan fingerprint density at radius 2 is 1.90 bits per heavy atom. The van der Waals surface area contributed by atoms with E-state index in [1.165, 1.54) is 17.0 Å². The molecule has 0 saturated heterocycles. The number of carboxylic acid groups (broad SMARTS) is 1.